The van der Waals surface area contributed by atoms with Gasteiger partial charge in [-0.05, 0) is 74.3 Å². The molecule has 63 heavy (non-hydrogen) atoms. The van der Waals surface area contributed by atoms with Gasteiger partial charge in [0.25, 0.3) is 0 Å². The molecule has 0 bridgehead atoms. The average Bonchev–Trinajstić information content (AvgIpc) is 3.82. The van der Waals surface area contributed by atoms with Crippen LogP contribution in [0.5, 0.6) is 0 Å². The highest BCUT2D eigenvalue weighted by molar-refractivity contribution is 5.81. The minimum atomic E-state index is -1.63. The van der Waals surface area contributed by atoms with Crippen molar-refractivity contribution in [1.29, 1.82) is 0 Å². The van der Waals surface area contributed by atoms with Crippen molar-refractivity contribution in [2.75, 3.05) is 81.6 Å². The molecular formula is C52H82N3O8+. The fourth-order valence-electron chi connectivity index (χ4n) is 12.5. The molecule has 3 aliphatic rings. The van der Waals surface area contributed by atoms with Crippen LogP contribution < -0.4 is 10.2 Å². The second-order valence-electron chi connectivity index (χ2n) is 22.1. The molecule has 12 atom stereocenters. The molecule has 12 unspecified atom stereocenters. The molecule has 352 valence electrons. The number of benzene rings is 2. The van der Waals surface area contributed by atoms with Crippen molar-refractivity contribution in [3.63, 3.8) is 0 Å². The number of hydrogen-bond donors (Lipinski definition) is 2. The Morgan fingerprint density at radius 3 is 1.22 bits per heavy atom. The maximum Gasteiger partial charge on any atom is 0.307 e. The highest BCUT2D eigenvalue weighted by atomic mass is 16.4. The highest BCUT2D eigenvalue weighted by Crippen LogP contribution is 2.43. The van der Waals surface area contributed by atoms with Crippen molar-refractivity contribution in [2.24, 2.45) is 59.2 Å². The predicted octanol–water partition coefficient (Wildman–Crippen LogP) is 5.84. The predicted molar refractivity (Wildman–Crippen MR) is 244 cm³/mol. The summed E-state index contributed by atoms with van der Waals surface area (Å²) >= 11 is 0. The van der Waals surface area contributed by atoms with E-state index in [0.29, 0.717) is 5.56 Å². The van der Waals surface area contributed by atoms with Crippen LogP contribution in [0.3, 0.4) is 0 Å². The van der Waals surface area contributed by atoms with Crippen LogP contribution in [0.2, 0.25) is 0 Å². The number of carbonyl (C=O) groups excluding carboxylic acids is 2. The van der Waals surface area contributed by atoms with Crippen molar-refractivity contribution in [2.45, 2.75) is 90.9 Å². The summed E-state index contributed by atoms with van der Waals surface area (Å²) in [4.78, 5) is 48.0. The van der Waals surface area contributed by atoms with Crippen molar-refractivity contribution >= 4 is 23.9 Å². The van der Waals surface area contributed by atoms with Gasteiger partial charge in [-0.15, -0.1) is 0 Å². The van der Waals surface area contributed by atoms with Crippen LogP contribution in [-0.4, -0.2) is 129 Å². The third kappa shape index (κ3) is 14.6. The van der Waals surface area contributed by atoms with Gasteiger partial charge in [0, 0.05) is 59.3 Å². The Kier molecular flexibility index (Phi) is 18.4. The largest absolute Gasteiger partial charge is 0.550 e. The molecule has 11 nitrogen and oxygen atoms in total. The van der Waals surface area contributed by atoms with Crippen molar-refractivity contribution in [3.05, 3.63) is 71.8 Å². The van der Waals surface area contributed by atoms with Gasteiger partial charge in [-0.1, -0.05) is 88.4 Å². The van der Waals surface area contributed by atoms with Gasteiger partial charge in [0.1, 0.15) is 0 Å². The average molecular weight is 877 g/mol. The first kappa shape index (κ1) is 51.8. The molecule has 0 spiro atoms. The molecule has 2 aromatic rings. The maximum atomic E-state index is 12.4. The third-order valence-electron chi connectivity index (χ3n) is 15.7. The first-order valence-electron chi connectivity index (χ1n) is 23.9. The molecule has 0 radical (unpaired) electrons. The van der Waals surface area contributed by atoms with Crippen molar-refractivity contribution in [1.82, 2.24) is 0 Å². The normalized spacial score (nSPS) is 27.5. The van der Waals surface area contributed by atoms with E-state index >= 15 is 0 Å². The van der Waals surface area contributed by atoms with E-state index in [1.165, 1.54) is 98.2 Å². The number of nitrogens with zero attached hydrogens (tertiary/aromatic N) is 3. The van der Waals surface area contributed by atoms with Gasteiger partial charge < -0.3 is 43.5 Å². The standard InChI is InChI=1S/C26H54N3.C26H30O8/c1-9-21-15-27(3,4)17-23(21)11-13-25-19-29(7,8)20-26(25)14-12-24-18-28(5,6)16-22(24)10-2;1-15(17-9-5-3-6-10-17)13-21(25(31)32)22(26(33)34)20(18-11-7-4-8-12-18)14-19(24(29)30)16(2)23(27)28/h21-26H,9-20H2,1-8H3;3-12,15-16,19-22H,13-14H2,1-2H3,(H,27,28)(H,29,30)(H,31,32)(H,33,34)/q+3;/p-2. The van der Waals surface area contributed by atoms with Crippen LogP contribution in [-0.2, 0) is 19.2 Å². The third-order valence-corrected chi connectivity index (χ3v) is 15.7. The first-order valence-corrected chi connectivity index (χ1v) is 23.9. The molecule has 11 heteroatoms. The molecule has 3 fully saturated rings. The van der Waals surface area contributed by atoms with Crippen molar-refractivity contribution < 1.29 is 53.1 Å². The van der Waals surface area contributed by atoms with Gasteiger partial charge in [0.15, 0.2) is 0 Å². The topological polar surface area (TPSA) is 155 Å². The second kappa shape index (κ2) is 22.4. The fourth-order valence-corrected chi connectivity index (χ4v) is 12.5. The van der Waals surface area contributed by atoms with E-state index in [1.54, 1.807) is 49.4 Å². The van der Waals surface area contributed by atoms with E-state index in [1.807, 2.05) is 18.2 Å². The summed E-state index contributed by atoms with van der Waals surface area (Å²) in [6.07, 6.45) is 8.31. The highest BCUT2D eigenvalue weighted by Gasteiger charge is 2.45. The lowest BCUT2D eigenvalue weighted by Crippen LogP contribution is -2.45. The van der Waals surface area contributed by atoms with E-state index in [4.69, 9.17) is 0 Å². The van der Waals surface area contributed by atoms with Crippen LogP contribution in [0.1, 0.15) is 102 Å². The number of carboxylic acid groups (broad SMARTS) is 4. The van der Waals surface area contributed by atoms with Gasteiger partial charge in [-0.25, -0.2) is 0 Å². The molecule has 0 amide bonds. The van der Waals surface area contributed by atoms with E-state index in [-0.39, 0.29) is 12.3 Å². The summed E-state index contributed by atoms with van der Waals surface area (Å²) in [5, 5.41) is 43.5. The smallest absolute Gasteiger partial charge is 0.307 e. The number of carbonyl (C=O) groups is 4. The Morgan fingerprint density at radius 1 is 0.540 bits per heavy atom. The lowest BCUT2D eigenvalue weighted by molar-refractivity contribution is -0.881. The number of quaternary nitrogens is 3. The monoisotopic (exact) mass is 877 g/mol. The molecule has 2 N–H and O–H groups in total. The summed E-state index contributed by atoms with van der Waals surface area (Å²) < 4.78 is 3.78. The molecule has 2 aromatic carbocycles. The van der Waals surface area contributed by atoms with Crippen LogP contribution in [0, 0.1) is 59.2 Å². The zero-order chi connectivity index (χ0) is 46.9. The van der Waals surface area contributed by atoms with Gasteiger partial charge >= 0.3 is 11.9 Å². The zero-order valence-electron chi connectivity index (χ0n) is 40.3. The summed E-state index contributed by atoms with van der Waals surface area (Å²) in [6.45, 7) is 16.3. The van der Waals surface area contributed by atoms with Crippen LogP contribution in [0.25, 0.3) is 0 Å². The Morgan fingerprint density at radius 2 is 0.889 bits per heavy atom. The van der Waals surface area contributed by atoms with Gasteiger partial charge in [0.2, 0.25) is 0 Å². The van der Waals surface area contributed by atoms with Crippen LogP contribution in [0.15, 0.2) is 60.7 Å². The van der Waals surface area contributed by atoms with E-state index in [2.05, 4.69) is 56.1 Å². The Hall–Kier alpha value is -3.80. The van der Waals surface area contributed by atoms with Gasteiger partial charge in [-0.3, -0.25) is 9.59 Å². The molecule has 5 rings (SSSR count). The Bertz CT molecular complexity index is 1740. The summed E-state index contributed by atoms with van der Waals surface area (Å²) in [5.74, 6) is -7.49. The SMILES string of the molecule is CC(CC(C(=O)O)C(C(=O)[O-])C(CC(C(=O)O)C(C)C(=O)[O-])c1ccccc1)c1ccccc1.CCC1C[N+](C)(C)CC1CCC1C[N+](C)(C)CC1CCC1C[N+](C)(C)CC1CC. The van der Waals surface area contributed by atoms with Gasteiger partial charge in [0.05, 0.1) is 93.4 Å². The van der Waals surface area contributed by atoms with E-state index < -0.39 is 59.9 Å². The van der Waals surface area contributed by atoms with E-state index in [9.17, 15) is 39.6 Å². The molecule has 3 aliphatic heterocycles. The van der Waals surface area contributed by atoms with Crippen molar-refractivity contribution in [3.8, 4) is 0 Å². The lowest BCUT2D eigenvalue weighted by atomic mass is 9.69. The Balaban J connectivity index is 0.000000280. The molecule has 0 aliphatic carbocycles. The number of likely N-dealkylation sites (tertiary alicyclic amines) is 3. The molecule has 0 saturated carbocycles. The molecule has 3 saturated heterocycles. The minimum absolute atomic E-state index is 0.0326. The second-order valence-corrected chi connectivity index (χ2v) is 22.1. The number of rotatable bonds is 21. The van der Waals surface area contributed by atoms with E-state index in [0.717, 1.165) is 41.1 Å². The lowest BCUT2D eigenvalue weighted by Gasteiger charge is -2.36. The summed E-state index contributed by atoms with van der Waals surface area (Å²) in [7, 11) is 14.8. The molecule has 3 heterocycles. The zero-order valence-corrected chi connectivity index (χ0v) is 40.3. The molecular weight excluding hydrogens is 795 g/mol. The minimum Gasteiger partial charge on any atom is -0.550 e. The Labute approximate surface area is 379 Å². The summed E-state index contributed by atoms with van der Waals surface area (Å²) in [6, 6.07) is 17.1. The number of carboxylic acids is 4. The fraction of sp³-hybridized carbons (Fsp3) is 0.692. The number of aliphatic carboxylic acids is 4. The summed E-state index contributed by atoms with van der Waals surface area (Å²) in [5.41, 5.74) is 1.23. The maximum absolute atomic E-state index is 12.4. The van der Waals surface area contributed by atoms with Crippen LogP contribution in [0.4, 0.5) is 0 Å². The number of hydrogen-bond acceptors (Lipinski definition) is 6. The quantitative estimate of drug-likeness (QED) is 0.148. The molecule has 0 aromatic heterocycles. The van der Waals surface area contributed by atoms with Gasteiger partial charge in [-0.2, -0.15) is 0 Å². The first-order chi connectivity index (χ1) is 29.5. The van der Waals surface area contributed by atoms with Crippen LogP contribution >= 0.6 is 0 Å².